The van der Waals surface area contributed by atoms with Crippen LogP contribution in [-0.4, -0.2) is 18.0 Å². The molecule has 0 spiro atoms. The molecular weight excluding hydrogens is 207 g/mol. The van der Waals surface area contributed by atoms with E-state index in [0.717, 1.165) is 6.07 Å². The second-order valence-corrected chi connectivity index (χ2v) is 2.83. The predicted octanol–water partition coefficient (Wildman–Crippen LogP) is 1.87. The number of nitrogens with two attached hydrogens (primary N) is 1. The number of amidine groups is 1. The van der Waals surface area contributed by atoms with E-state index in [-0.39, 0.29) is 17.3 Å². The summed E-state index contributed by atoms with van der Waals surface area (Å²) in [7, 11) is 0. The lowest BCUT2D eigenvalue weighted by molar-refractivity contribution is 0.112. The smallest absolute Gasteiger partial charge is 0.152 e. The SMILES string of the molecule is NC(CCl)=Nc1ccc(F)cc1C=O. The van der Waals surface area contributed by atoms with Crippen LogP contribution in [0.3, 0.4) is 0 Å². The molecule has 0 saturated carbocycles. The zero-order chi connectivity index (χ0) is 10.6. The summed E-state index contributed by atoms with van der Waals surface area (Å²) in [5.74, 6) is -0.243. The number of halogens is 2. The van der Waals surface area contributed by atoms with E-state index in [0.29, 0.717) is 12.0 Å². The number of nitrogens with zero attached hydrogens (tertiary/aromatic N) is 1. The van der Waals surface area contributed by atoms with Crippen LogP contribution in [0.2, 0.25) is 0 Å². The summed E-state index contributed by atoms with van der Waals surface area (Å²) in [4.78, 5) is 14.4. The molecule has 0 aliphatic rings. The van der Waals surface area contributed by atoms with Crippen LogP contribution in [0.5, 0.6) is 0 Å². The molecule has 0 radical (unpaired) electrons. The largest absolute Gasteiger partial charge is 0.386 e. The second kappa shape index (κ2) is 4.72. The van der Waals surface area contributed by atoms with Gasteiger partial charge in [0, 0.05) is 5.56 Å². The molecule has 0 aliphatic carbocycles. The number of hydrogen-bond donors (Lipinski definition) is 1. The van der Waals surface area contributed by atoms with Gasteiger partial charge in [-0.3, -0.25) is 4.79 Å². The molecule has 0 heterocycles. The number of carbonyl (C=O) groups excluding carboxylic acids is 1. The minimum Gasteiger partial charge on any atom is -0.386 e. The van der Waals surface area contributed by atoms with Crippen molar-refractivity contribution in [2.75, 3.05) is 5.88 Å². The molecule has 1 aromatic rings. The Hall–Kier alpha value is -1.42. The van der Waals surface area contributed by atoms with Crippen molar-refractivity contribution >= 4 is 29.4 Å². The number of benzene rings is 1. The standard InChI is InChI=1S/C9H8ClFN2O/c10-4-9(12)13-8-2-1-7(11)3-6(8)5-14/h1-3,5H,4H2,(H2,12,13). The average molecular weight is 215 g/mol. The first-order valence-electron chi connectivity index (χ1n) is 3.81. The number of aldehydes is 1. The van der Waals surface area contributed by atoms with Crippen LogP contribution >= 0.6 is 11.6 Å². The van der Waals surface area contributed by atoms with Gasteiger partial charge in [0.2, 0.25) is 0 Å². The highest BCUT2D eigenvalue weighted by Gasteiger charge is 2.02. The van der Waals surface area contributed by atoms with Crippen molar-refractivity contribution in [1.29, 1.82) is 0 Å². The molecule has 0 unspecified atom stereocenters. The molecule has 3 nitrogen and oxygen atoms in total. The van der Waals surface area contributed by atoms with Crippen LogP contribution in [0.15, 0.2) is 23.2 Å². The van der Waals surface area contributed by atoms with E-state index in [1.54, 1.807) is 0 Å². The highest BCUT2D eigenvalue weighted by Crippen LogP contribution is 2.18. The molecule has 0 bridgehead atoms. The quantitative estimate of drug-likeness (QED) is 0.361. The van der Waals surface area contributed by atoms with E-state index in [2.05, 4.69) is 4.99 Å². The van der Waals surface area contributed by atoms with Crippen molar-refractivity contribution in [2.24, 2.45) is 10.7 Å². The number of carbonyl (C=O) groups is 1. The van der Waals surface area contributed by atoms with Gasteiger partial charge >= 0.3 is 0 Å². The third-order valence-electron chi connectivity index (χ3n) is 1.52. The monoisotopic (exact) mass is 214 g/mol. The number of alkyl halides is 1. The third-order valence-corrected chi connectivity index (χ3v) is 1.79. The Balaban J connectivity index is 3.14. The van der Waals surface area contributed by atoms with Crippen LogP contribution in [0.1, 0.15) is 10.4 Å². The normalized spacial score (nSPS) is 11.4. The third kappa shape index (κ3) is 2.53. The summed E-state index contributed by atoms with van der Waals surface area (Å²) in [6.07, 6.45) is 0.517. The van der Waals surface area contributed by atoms with E-state index in [1.165, 1.54) is 12.1 Å². The maximum atomic E-state index is 12.7. The summed E-state index contributed by atoms with van der Waals surface area (Å²) < 4.78 is 12.7. The molecule has 0 aromatic heterocycles. The molecule has 0 aliphatic heterocycles. The molecule has 2 N–H and O–H groups in total. The molecule has 0 saturated heterocycles. The number of hydrogen-bond acceptors (Lipinski definition) is 2. The zero-order valence-corrected chi connectivity index (χ0v) is 7.96. The molecule has 1 aromatic carbocycles. The molecule has 5 heteroatoms. The van der Waals surface area contributed by atoms with E-state index >= 15 is 0 Å². The summed E-state index contributed by atoms with van der Waals surface area (Å²) in [5.41, 5.74) is 5.85. The summed E-state index contributed by atoms with van der Waals surface area (Å²) in [6, 6.07) is 3.67. The Kier molecular flexibility index (Phi) is 3.59. The Morgan fingerprint density at radius 3 is 2.93 bits per heavy atom. The van der Waals surface area contributed by atoms with Crippen LogP contribution < -0.4 is 5.73 Å². The number of rotatable bonds is 3. The molecule has 1 rings (SSSR count). The van der Waals surface area contributed by atoms with Gasteiger partial charge in [0.1, 0.15) is 11.7 Å². The molecule has 74 valence electrons. The Morgan fingerprint density at radius 2 is 2.36 bits per heavy atom. The van der Waals surface area contributed by atoms with Crippen molar-refractivity contribution in [3.8, 4) is 0 Å². The van der Waals surface area contributed by atoms with Crippen molar-refractivity contribution in [2.45, 2.75) is 0 Å². The van der Waals surface area contributed by atoms with Crippen LogP contribution in [0.25, 0.3) is 0 Å². The lowest BCUT2D eigenvalue weighted by Gasteiger charge is -1.99. The first-order chi connectivity index (χ1) is 6.67. The first kappa shape index (κ1) is 10.7. The topological polar surface area (TPSA) is 55.4 Å². The van der Waals surface area contributed by atoms with Crippen molar-refractivity contribution in [3.63, 3.8) is 0 Å². The first-order valence-corrected chi connectivity index (χ1v) is 4.34. The zero-order valence-electron chi connectivity index (χ0n) is 7.21. The maximum Gasteiger partial charge on any atom is 0.152 e. The predicted molar refractivity (Wildman–Crippen MR) is 53.8 cm³/mol. The van der Waals surface area contributed by atoms with Gasteiger partial charge < -0.3 is 5.73 Å². The van der Waals surface area contributed by atoms with Crippen LogP contribution in [0.4, 0.5) is 10.1 Å². The highest BCUT2D eigenvalue weighted by molar-refractivity contribution is 6.28. The Bertz CT molecular complexity index is 379. The highest BCUT2D eigenvalue weighted by atomic mass is 35.5. The lowest BCUT2D eigenvalue weighted by Crippen LogP contribution is -2.12. The molecule has 0 atom stereocenters. The minimum absolute atomic E-state index is 0.0652. The van der Waals surface area contributed by atoms with Gasteiger partial charge in [-0.25, -0.2) is 9.38 Å². The van der Waals surface area contributed by atoms with Gasteiger partial charge in [0.05, 0.1) is 11.6 Å². The fourth-order valence-corrected chi connectivity index (χ4v) is 0.966. The minimum atomic E-state index is -0.490. The van der Waals surface area contributed by atoms with Crippen molar-refractivity contribution in [3.05, 3.63) is 29.6 Å². The maximum absolute atomic E-state index is 12.7. The van der Waals surface area contributed by atoms with E-state index in [9.17, 15) is 9.18 Å². The van der Waals surface area contributed by atoms with Gasteiger partial charge in [-0.2, -0.15) is 0 Å². The van der Waals surface area contributed by atoms with Gasteiger partial charge in [-0.1, -0.05) is 0 Å². The fourth-order valence-electron chi connectivity index (χ4n) is 0.906. The van der Waals surface area contributed by atoms with Gasteiger partial charge in [0.25, 0.3) is 0 Å². The molecule has 0 amide bonds. The second-order valence-electron chi connectivity index (χ2n) is 2.56. The lowest BCUT2D eigenvalue weighted by atomic mass is 10.2. The molecule has 14 heavy (non-hydrogen) atoms. The van der Waals surface area contributed by atoms with E-state index in [1.807, 2.05) is 0 Å². The van der Waals surface area contributed by atoms with Gasteiger partial charge in [0.15, 0.2) is 6.29 Å². The van der Waals surface area contributed by atoms with Gasteiger partial charge in [-0.05, 0) is 18.2 Å². The summed E-state index contributed by atoms with van der Waals surface area (Å²) in [6.45, 7) is 0. The van der Waals surface area contributed by atoms with Crippen LogP contribution in [-0.2, 0) is 0 Å². The van der Waals surface area contributed by atoms with E-state index < -0.39 is 5.82 Å². The Morgan fingerprint density at radius 1 is 1.64 bits per heavy atom. The van der Waals surface area contributed by atoms with Crippen molar-refractivity contribution < 1.29 is 9.18 Å². The fraction of sp³-hybridized carbons (Fsp3) is 0.111. The van der Waals surface area contributed by atoms with Gasteiger partial charge in [-0.15, -0.1) is 11.6 Å². The molecular formula is C9H8ClFN2O. The summed E-state index contributed by atoms with van der Waals surface area (Å²) >= 11 is 5.41. The average Bonchev–Trinajstić information content (AvgIpc) is 2.20. The van der Waals surface area contributed by atoms with Crippen LogP contribution in [0, 0.1) is 5.82 Å². The van der Waals surface area contributed by atoms with Crippen molar-refractivity contribution in [1.82, 2.24) is 0 Å². The number of aliphatic imine (C=N–C) groups is 1. The Labute approximate surface area is 85.4 Å². The van der Waals surface area contributed by atoms with E-state index in [4.69, 9.17) is 17.3 Å². The molecule has 0 fully saturated rings. The summed E-state index contributed by atoms with van der Waals surface area (Å²) in [5, 5.41) is 0.